The summed E-state index contributed by atoms with van der Waals surface area (Å²) in [5, 5.41) is 18.7. The Balaban J connectivity index is 1.56. The topological polar surface area (TPSA) is 64.3 Å². The lowest BCUT2D eigenvalue weighted by Crippen LogP contribution is -2.49. The van der Waals surface area contributed by atoms with Gasteiger partial charge in [-0.3, -0.25) is 4.79 Å². The molecule has 2 fully saturated rings. The summed E-state index contributed by atoms with van der Waals surface area (Å²) in [6, 6.07) is 6.51. The van der Waals surface area contributed by atoms with Gasteiger partial charge in [-0.2, -0.15) is 5.26 Å². The van der Waals surface area contributed by atoms with Crippen LogP contribution in [0.1, 0.15) is 37.3 Å². The number of hydrogen-bond acceptors (Lipinski definition) is 3. The molecule has 1 aliphatic carbocycles. The second-order valence-electron chi connectivity index (χ2n) is 7.17. The second-order valence-corrected chi connectivity index (χ2v) is 7.17. The molecule has 122 valence electrons. The number of likely N-dealkylation sites (tertiary alicyclic amines) is 1. The number of rotatable bonds is 3. The number of carbonyl (C=O) groups is 1. The molecule has 1 saturated carbocycles. The quantitative estimate of drug-likeness (QED) is 0.930. The summed E-state index contributed by atoms with van der Waals surface area (Å²) in [5.41, 5.74) is 0.334. The minimum atomic E-state index is -0.679. The Hall–Kier alpha value is -1.93. The van der Waals surface area contributed by atoms with Gasteiger partial charge in [0.25, 0.3) is 0 Å². The number of halogens is 1. The highest BCUT2D eigenvalue weighted by Gasteiger charge is 2.44. The molecular formula is C18H21FN2O2. The highest BCUT2D eigenvalue weighted by atomic mass is 19.1. The maximum atomic E-state index is 13.4. The zero-order chi connectivity index (χ0) is 16.6. The Bertz CT molecular complexity index is 657. The third kappa shape index (κ3) is 3.37. The van der Waals surface area contributed by atoms with Gasteiger partial charge in [0.15, 0.2) is 0 Å². The van der Waals surface area contributed by atoms with E-state index in [4.69, 9.17) is 5.26 Å². The zero-order valence-electron chi connectivity index (χ0n) is 13.3. The summed E-state index contributed by atoms with van der Waals surface area (Å²) in [6.07, 6.45) is 2.78. The Morgan fingerprint density at radius 1 is 1.52 bits per heavy atom. The van der Waals surface area contributed by atoms with Crippen LogP contribution in [-0.2, 0) is 11.2 Å². The number of carbonyl (C=O) groups excluding carboxylic acids is 1. The minimum Gasteiger partial charge on any atom is -0.390 e. The molecule has 2 aliphatic rings. The SMILES string of the molecule is CC1(O)CC(C(=O)N2CCC(Cc3ccc(F)c(C#N)c3)C2)C1. The Morgan fingerprint density at radius 3 is 2.91 bits per heavy atom. The van der Waals surface area contributed by atoms with Crippen LogP contribution in [0.3, 0.4) is 0 Å². The molecule has 1 aromatic rings. The van der Waals surface area contributed by atoms with Crippen LogP contribution in [0, 0.1) is 29.0 Å². The first-order valence-electron chi connectivity index (χ1n) is 8.07. The summed E-state index contributed by atoms with van der Waals surface area (Å²) >= 11 is 0. The van der Waals surface area contributed by atoms with Crippen molar-refractivity contribution < 1.29 is 14.3 Å². The fourth-order valence-electron chi connectivity index (χ4n) is 3.75. The van der Waals surface area contributed by atoms with E-state index >= 15 is 0 Å². The molecule has 1 saturated heterocycles. The molecule has 1 aromatic carbocycles. The van der Waals surface area contributed by atoms with Gasteiger partial charge in [-0.05, 0) is 56.2 Å². The molecule has 0 aromatic heterocycles. The second kappa shape index (κ2) is 5.93. The zero-order valence-corrected chi connectivity index (χ0v) is 13.3. The molecule has 3 rings (SSSR count). The smallest absolute Gasteiger partial charge is 0.225 e. The van der Waals surface area contributed by atoms with Gasteiger partial charge in [-0.15, -0.1) is 0 Å². The largest absolute Gasteiger partial charge is 0.390 e. The fraction of sp³-hybridized carbons (Fsp3) is 0.556. The number of hydrogen-bond donors (Lipinski definition) is 1. The highest BCUT2D eigenvalue weighted by molar-refractivity contribution is 5.80. The van der Waals surface area contributed by atoms with Crippen LogP contribution in [0.15, 0.2) is 18.2 Å². The van der Waals surface area contributed by atoms with E-state index in [2.05, 4.69) is 0 Å². The predicted molar refractivity (Wildman–Crippen MR) is 82.9 cm³/mol. The number of amides is 1. The number of nitrogens with zero attached hydrogens (tertiary/aromatic N) is 2. The van der Waals surface area contributed by atoms with Crippen molar-refractivity contribution in [2.24, 2.45) is 11.8 Å². The lowest BCUT2D eigenvalue weighted by Gasteiger charge is -2.41. The predicted octanol–water partition coefficient (Wildman–Crippen LogP) is 2.25. The standard InChI is InChI=1S/C18H21FN2O2/c1-18(23)8-15(9-18)17(22)21-5-4-13(11-21)6-12-2-3-16(19)14(7-12)10-20/h2-3,7,13,15,23H,4-6,8-9,11H2,1H3. The van der Waals surface area contributed by atoms with E-state index < -0.39 is 11.4 Å². The van der Waals surface area contributed by atoms with E-state index in [0.717, 1.165) is 24.9 Å². The van der Waals surface area contributed by atoms with Crippen molar-refractivity contribution in [3.05, 3.63) is 35.1 Å². The molecule has 0 bridgehead atoms. The van der Waals surface area contributed by atoms with Crippen LogP contribution in [0.25, 0.3) is 0 Å². The maximum Gasteiger partial charge on any atom is 0.225 e. The van der Waals surface area contributed by atoms with Gasteiger partial charge in [0, 0.05) is 19.0 Å². The third-order valence-corrected chi connectivity index (χ3v) is 4.99. The van der Waals surface area contributed by atoms with Crippen molar-refractivity contribution in [1.29, 1.82) is 5.26 Å². The van der Waals surface area contributed by atoms with Crippen LogP contribution in [0.4, 0.5) is 4.39 Å². The van der Waals surface area contributed by atoms with Crippen LogP contribution >= 0.6 is 0 Å². The van der Waals surface area contributed by atoms with Gasteiger partial charge in [0.05, 0.1) is 11.2 Å². The van der Waals surface area contributed by atoms with Gasteiger partial charge in [-0.25, -0.2) is 4.39 Å². The molecule has 1 aliphatic heterocycles. The van der Waals surface area contributed by atoms with E-state index in [1.807, 2.05) is 11.0 Å². The average molecular weight is 316 g/mol. The summed E-state index contributed by atoms with van der Waals surface area (Å²) in [4.78, 5) is 14.3. The molecule has 1 atom stereocenters. The van der Waals surface area contributed by atoms with E-state index in [1.165, 1.54) is 6.07 Å². The monoisotopic (exact) mass is 316 g/mol. The number of benzene rings is 1. The summed E-state index contributed by atoms with van der Waals surface area (Å²) in [6.45, 7) is 3.22. The Labute approximate surface area is 135 Å². The van der Waals surface area contributed by atoms with Crippen LogP contribution in [0.2, 0.25) is 0 Å². The van der Waals surface area contributed by atoms with Crippen molar-refractivity contribution in [1.82, 2.24) is 4.90 Å². The highest BCUT2D eigenvalue weighted by Crippen LogP contribution is 2.39. The van der Waals surface area contributed by atoms with Crippen LogP contribution in [-0.4, -0.2) is 34.6 Å². The van der Waals surface area contributed by atoms with E-state index in [9.17, 15) is 14.3 Å². The minimum absolute atomic E-state index is 0.0419. The number of aliphatic hydroxyl groups is 1. The van der Waals surface area contributed by atoms with E-state index in [-0.39, 0.29) is 17.4 Å². The molecule has 23 heavy (non-hydrogen) atoms. The molecule has 5 heteroatoms. The Kier molecular flexibility index (Phi) is 4.11. The lowest BCUT2D eigenvalue weighted by molar-refractivity contribution is -0.148. The molecule has 0 spiro atoms. The summed E-state index contributed by atoms with van der Waals surface area (Å²) < 4.78 is 13.4. The molecule has 1 heterocycles. The van der Waals surface area contributed by atoms with Gasteiger partial charge < -0.3 is 10.0 Å². The van der Waals surface area contributed by atoms with Crippen molar-refractivity contribution in [2.45, 2.75) is 38.2 Å². The third-order valence-electron chi connectivity index (χ3n) is 4.99. The van der Waals surface area contributed by atoms with Crippen molar-refractivity contribution in [3.63, 3.8) is 0 Å². The molecular weight excluding hydrogens is 295 g/mol. The molecule has 4 nitrogen and oxygen atoms in total. The lowest BCUT2D eigenvalue weighted by atomic mass is 9.71. The number of nitriles is 1. The molecule has 0 radical (unpaired) electrons. The first-order chi connectivity index (χ1) is 10.9. The van der Waals surface area contributed by atoms with Crippen LogP contribution in [0.5, 0.6) is 0 Å². The van der Waals surface area contributed by atoms with E-state index in [1.54, 1.807) is 19.1 Å². The van der Waals surface area contributed by atoms with Gasteiger partial charge >= 0.3 is 0 Å². The Morgan fingerprint density at radius 2 is 2.26 bits per heavy atom. The van der Waals surface area contributed by atoms with Crippen molar-refractivity contribution in [3.8, 4) is 6.07 Å². The first kappa shape index (κ1) is 15.9. The first-order valence-corrected chi connectivity index (χ1v) is 8.07. The fourth-order valence-corrected chi connectivity index (χ4v) is 3.75. The average Bonchev–Trinajstić information content (AvgIpc) is 2.94. The molecule has 1 N–H and O–H groups in total. The summed E-state index contributed by atoms with van der Waals surface area (Å²) in [5.74, 6) is -0.0383. The van der Waals surface area contributed by atoms with Gasteiger partial charge in [0.1, 0.15) is 11.9 Å². The normalized spacial score (nSPS) is 29.9. The van der Waals surface area contributed by atoms with Crippen molar-refractivity contribution in [2.75, 3.05) is 13.1 Å². The molecule has 1 unspecified atom stereocenters. The van der Waals surface area contributed by atoms with Gasteiger partial charge in [0.2, 0.25) is 5.91 Å². The van der Waals surface area contributed by atoms with Gasteiger partial charge in [-0.1, -0.05) is 6.07 Å². The van der Waals surface area contributed by atoms with E-state index in [0.29, 0.717) is 25.3 Å². The molecule has 1 amide bonds. The summed E-state index contributed by atoms with van der Waals surface area (Å²) in [7, 11) is 0. The van der Waals surface area contributed by atoms with Crippen molar-refractivity contribution >= 4 is 5.91 Å². The maximum absolute atomic E-state index is 13.4. The van der Waals surface area contributed by atoms with Crippen LogP contribution < -0.4 is 0 Å².